The average Bonchev–Trinajstić information content (AvgIpc) is 2.80. The van der Waals surface area contributed by atoms with Gasteiger partial charge < -0.3 is 10.2 Å². The average molecular weight is 525 g/mol. The van der Waals surface area contributed by atoms with Crippen LogP contribution in [0.4, 0.5) is 0 Å². The van der Waals surface area contributed by atoms with Crippen LogP contribution in [-0.4, -0.2) is 50.5 Å². The van der Waals surface area contributed by atoms with Gasteiger partial charge in [0.1, 0.15) is 23.2 Å². The highest BCUT2D eigenvalue weighted by atomic mass is 16.3. The minimum absolute atomic E-state index is 0.00598. The lowest BCUT2D eigenvalue weighted by Crippen LogP contribution is -2.76. The van der Waals surface area contributed by atoms with E-state index in [1.165, 1.54) is 6.07 Å². The Morgan fingerprint density at radius 2 is 1.71 bits per heavy atom. The van der Waals surface area contributed by atoms with Crippen molar-refractivity contribution in [2.75, 3.05) is 0 Å². The first-order valence-corrected chi connectivity index (χ1v) is 13.3. The van der Waals surface area contributed by atoms with E-state index in [4.69, 9.17) is 0 Å². The number of ketones is 6. The summed E-state index contributed by atoms with van der Waals surface area (Å²) in [6, 6.07) is 3.04. The molecule has 0 saturated heterocycles. The van der Waals surface area contributed by atoms with Gasteiger partial charge in [0, 0.05) is 24.2 Å². The molecule has 0 bridgehead atoms. The zero-order valence-electron chi connectivity index (χ0n) is 22.8. The summed E-state index contributed by atoms with van der Waals surface area (Å²) >= 11 is 0. The minimum atomic E-state index is -2.70. The van der Waals surface area contributed by atoms with Gasteiger partial charge >= 0.3 is 0 Å². The summed E-state index contributed by atoms with van der Waals surface area (Å²) in [6.45, 7) is 9.66. The first kappa shape index (κ1) is 28.0. The fourth-order valence-corrected chi connectivity index (χ4v) is 7.88. The number of phenolic OH excluding ortho intramolecular Hbond substituents is 1. The summed E-state index contributed by atoms with van der Waals surface area (Å²) in [5.41, 5.74) is -4.08. The van der Waals surface area contributed by atoms with Gasteiger partial charge in [-0.15, -0.1) is 0 Å². The molecule has 0 radical (unpaired) electrons. The maximum atomic E-state index is 14.2. The summed E-state index contributed by atoms with van der Waals surface area (Å²) in [5, 5.41) is 22.7. The molecule has 1 aromatic rings. The van der Waals surface area contributed by atoms with Crippen molar-refractivity contribution < 1.29 is 39.0 Å². The van der Waals surface area contributed by atoms with E-state index in [1.54, 1.807) is 40.7 Å². The van der Waals surface area contributed by atoms with Crippen LogP contribution in [0.3, 0.4) is 0 Å². The molecule has 0 aliphatic heterocycles. The van der Waals surface area contributed by atoms with Gasteiger partial charge in [0.2, 0.25) is 0 Å². The lowest BCUT2D eigenvalue weighted by molar-refractivity contribution is -0.205. The molecule has 3 aliphatic rings. The van der Waals surface area contributed by atoms with Gasteiger partial charge in [0.15, 0.2) is 28.7 Å². The van der Waals surface area contributed by atoms with Crippen LogP contribution in [0, 0.1) is 34.5 Å². The molecule has 1 aromatic carbocycles. The second-order valence-electron chi connectivity index (χ2n) is 12.3. The van der Waals surface area contributed by atoms with Gasteiger partial charge in [-0.05, 0) is 54.7 Å². The van der Waals surface area contributed by atoms with Crippen LogP contribution in [0.2, 0.25) is 0 Å². The van der Waals surface area contributed by atoms with E-state index in [9.17, 15) is 39.0 Å². The van der Waals surface area contributed by atoms with Crippen LogP contribution in [0.25, 0.3) is 0 Å². The number of fused-ring (bicyclic) bond motifs is 3. The monoisotopic (exact) mass is 524 g/mol. The lowest BCUT2D eigenvalue weighted by atomic mass is 9.40. The third-order valence-corrected chi connectivity index (χ3v) is 9.43. The van der Waals surface area contributed by atoms with E-state index in [0.29, 0.717) is 18.4 Å². The maximum Gasteiger partial charge on any atom is 0.190 e. The Kier molecular flexibility index (Phi) is 6.67. The molecule has 4 rings (SSSR count). The first-order chi connectivity index (χ1) is 17.6. The second-order valence-corrected chi connectivity index (χ2v) is 12.3. The molecule has 3 aliphatic carbocycles. The van der Waals surface area contributed by atoms with E-state index >= 15 is 0 Å². The smallest absolute Gasteiger partial charge is 0.190 e. The standard InChI is InChI=1S/C30H36O8/c1-7-17(32)10-8-16-9-11-19(33)21-18(16)12-28(5)13-29(6)22(14(2)3)24(34)20(15(4)31)26(36)30(29,38)27(37)23(28)25(21)35/h9,11,14,20,22-23,33,38H,7-8,10,12-13H2,1-6H3/t20?,22?,23?,28-,29-,30+/m1/s1. The van der Waals surface area contributed by atoms with Crippen molar-refractivity contribution in [3.63, 3.8) is 0 Å². The minimum Gasteiger partial charge on any atom is -0.507 e. The van der Waals surface area contributed by atoms with Crippen molar-refractivity contribution in [1.29, 1.82) is 0 Å². The van der Waals surface area contributed by atoms with Gasteiger partial charge in [0.05, 0.1) is 11.5 Å². The SMILES string of the molecule is CCC(=O)CCc1ccc(O)c2c1C[C@]1(C)C[C@]3(C)C(C(C)C)C(=O)C(C(C)=O)C(=O)[C@]3(O)C(=O)C1C2=O. The summed E-state index contributed by atoms with van der Waals surface area (Å²) < 4.78 is 0. The quantitative estimate of drug-likeness (QED) is 0.541. The summed E-state index contributed by atoms with van der Waals surface area (Å²) in [5.74, 6) is -9.03. The van der Waals surface area contributed by atoms with Gasteiger partial charge in [-0.3, -0.25) is 28.8 Å². The van der Waals surface area contributed by atoms with Crippen LogP contribution in [-0.2, 0) is 36.8 Å². The molecule has 2 fully saturated rings. The number of carbonyl (C=O) groups excluding carboxylic acids is 6. The van der Waals surface area contributed by atoms with Crippen LogP contribution >= 0.6 is 0 Å². The summed E-state index contributed by atoms with van der Waals surface area (Å²) in [4.78, 5) is 79.8. The first-order valence-electron chi connectivity index (χ1n) is 13.3. The van der Waals surface area contributed by atoms with Crippen LogP contribution in [0.1, 0.15) is 82.3 Å². The Hall–Kier alpha value is -3.00. The Balaban J connectivity index is 1.92. The fourth-order valence-electron chi connectivity index (χ4n) is 7.88. The highest BCUT2D eigenvalue weighted by Crippen LogP contribution is 2.63. The number of Topliss-reactive ketones (excluding diaryl/α,β-unsaturated/α-hetero) is 6. The molecule has 0 heterocycles. The van der Waals surface area contributed by atoms with Gasteiger partial charge in [-0.25, -0.2) is 0 Å². The molecule has 2 saturated carbocycles. The van der Waals surface area contributed by atoms with E-state index in [0.717, 1.165) is 12.5 Å². The molecule has 38 heavy (non-hydrogen) atoms. The Bertz CT molecular complexity index is 1290. The maximum absolute atomic E-state index is 14.2. The van der Waals surface area contributed by atoms with Crippen molar-refractivity contribution in [3.8, 4) is 5.75 Å². The topological polar surface area (TPSA) is 143 Å². The number of aryl methyl sites for hydroxylation is 1. The normalized spacial score (nSPS) is 34.6. The number of aliphatic hydroxyl groups is 1. The summed E-state index contributed by atoms with van der Waals surface area (Å²) in [7, 11) is 0. The molecule has 6 atom stereocenters. The van der Waals surface area contributed by atoms with Crippen molar-refractivity contribution in [1.82, 2.24) is 0 Å². The number of phenols is 1. The van der Waals surface area contributed by atoms with Crippen LogP contribution in [0.5, 0.6) is 5.75 Å². The van der Waals surface area contributed by atoms with Crippen molar-refractivity contribution in [2.24, 2.45) is 34.5 Å². The van der Waals surface area contributed by atoms with Gasteiger partial charge in [-0.1, -0.05) is 40.7 Å². The predicted molar refractivity (Wildman–Crippen MR) is 137 cm³/mol. The lowest BCUT2D eigenvalue weighted by Gasteiger charge is -2.61. The largest absolute Gasteiger partial charge is 0.507 e. The molecular weight excluding hydrogens is 488 g/mol. The van der Waals surface area contributed by atoms with Crippen molar-refractivity contribution in [3.05, 3.63) is 28.8 Å². The van der Waals surface area contributed by atoms with Crippen LogP contribution < -0.4 is 0 Å². The van der Waals surface area contributed by atoms with Gasteiger partial charge in [-0.2, -0.15) is 0 Å². The number of aromatic hydroxyl groups is 1. The number of rotatable bonds is 6. The molecule has 0 amide bonds. The Labute approximate surface area is 222 Å². The molecule has 3 unspecified atom stereocenters. The van der Waals surface area contributed by atoms with E-state index in [2.05, 4.69) is 0 Å². The fraction of sp³-hybridized carbons (Fsp3) is 0.600. The highest BCUT2D eigenvalue weighted by molar-refractivity contribution is 6.32. The third-order valence-electron chi connectivity index (χ3n) is 9.43. The number of benzene rings is 1. The summed E-state index contributed by atoms with van der Waals surface area (Å²) in [6.07, 6.45) is 1.20. The Morgan fingerprint density at radius 3 is 2.26 bits per heavy atom. The van der Waals surface area contributed by atoms with E-state index in [-0.39, 0.29) is 36.4 Å². The molecule has 0 aromatic heterocycles. The number of carbonyl (C=O) groups is 6. The molecule has 8 heteroatoms. The molecule has 204 valence electrons. The molecular formula is C30H36O8. The third kappa shape index (κ3) is 3.59. The molecule has 0 spiro atoms. The predicted octanol–water partition coefficient (Wildman–Crippen LogP) is 3.00. The molecule has 8 nitrogen and oxygen atoms in total. The second kappa shape index (κ2) is 9.04. The highest BCUT2D eigenvalue weighted by Gasteiger charge is 2.76. The Morgan fingerprint density at radius 1 is 1.08 bits per heavy atom. The molecule has 2 N–H and O–H groups in total. The van der Waals surface area contributed by atoms with Crippen molar-refractivity contribution >= 4 is 34.7 Å². The van der Waals surface area contributed by atoms with E-state index < -0.39 is 69.0 Å². The number of hydrogen-bond donors (Lipinski definition) is 2. The zero-order chi connectivity index (χ0) is 28.5. The number of hydrogen-bond acceptors (Lipinski definition) is 8. The van der Waals surface area contributed by atoms with E-state index in [1.807, 2.05) is 0 Å². The van der Waals surface area contributed by atoms with Crippen LogP contribution in [0.15, 0.2) is 12.1 Å². The van der Waals surface area contributed by atoms with Gasteiger partial charge in [0.25, 0.3) is 0 Å². The van der Waals surface area contributed by atoms with Crippen molar-refractivity contribution in [2.45, 2.75) is 79.2 Å². The zero-order valence-corrected chi connectivity index (χ0v) is 22.8.